The first-order valence-corrected chi connectivity index (χ1v) is 5.08. The van der Waals surface area contributed by atoms with E-state index in [-0.39, 0.29) is 5.82 Å². The van der Waals surface area contributed by atoms with Crippen molar-refractivity contribution in [3.63, 3.8) is 0 Å². The largest absolute Gasteiger partial charge is 0.331 e. The Hall–Kier alpha value is -1.64. The van der Waals surface area contributed by atoms with Crippen molar-refractivity contribution in [3.8, 4) is 11.4 Å². The maximum atomic E-state index is 12.7. The van der Waals surface area contributed by atoms with E-state index in [0.29, 0.717) is 0 Å². The summed E-state index contributed by atoms with van der Waals surface area (Å²) in [5.74, 6) is 0.684. The molecule has 2 aromatic rings. The van der Waals surface area contributed by atoms with Crippen molar-refractivity contribution in [2.45, 2.75) is 19.9 Å². The summed E-state index contributed by atoms with van der Waals surface area (Å²) in [5, 5.41) is 0. The zero-order valence-corrected chi connectivity index (χ0v) is 8.65. The molecule has 0 saturated heterocycles. The summed E-state index contributed by atoms with van der Waals surface area (Å²) in [6.07, 6.45) is 4.78. The molecule has 1 aromatic carbocycles. The van der Waals surface area contributed by atoms with Gasteiger partial charge in [0.25, 0.3) is 0 Å². The van der Waals surface area contributed by atoms with Gasteiger partial charge in [-0.05, 0) is 30.7 Å². The number of rotatable bonds is 3. The second-order valence-electron chi connectivity index (χ2n) is 3.45. The van der Waals surface area contributed by atoms with Gasteiger partial charge in [0.2, 0.25) is 0 Å². The van der Waals surface area contributed by atoms with E-state index in [9.17, 15) is 4.39 Å². The van der Waals surface area contributed by atoms with E-state index in [0.717, 1.165) is 24.4 Å². The Morgan fingerprint density at radius 1 is 1.27 bits per heavy atom. The minimum absolute atomic E-state index is 0.215. The molecule has 1 aromatic heterocycles. The molecule has 0 aliphatic rings. The van der Waals surface area contributed by atoms with Crippen molar-refractivity contribution < 1.29 is 4.39 Å². The van der Waals surface area contributed by atoms with E-state index in [1.807, 2.05) is 6.20 Å². The van der Waals surface area contributed by atoms with Crippen molar-refractivity contribution in [1.82, 2.24) is 9.55 Å². The fraction of sp³-hybridized carbons (Fsp3) is 0.250. The Labute approximate surface area is 88.4 Å². The lowest BCUT2D eigenvalue weighted by atomic mass is 10.2. The zero-order chi connectivity index (χ0) is 10.7. The molecule has 0 fully saturated rings. The molecule has 0 bridgehead atoms. The van der Waals surface area contributed by atoms with Crippen LogP contribution in [-0.4, -0.2) is 9.55 Å². The lowest BCUT2D eigenvalue weighted by Crippen LogP contribution is -1.98. The Balaban J connectivity index is 2.36. The molecular formula is C12H13FN2. The van der Waals surface area contributed by atoms with Gasteiger partial charge in [0.05, 0.1) is 0 Å². The van der Waals surface area contributed by atoms with Crippen LogP contribution in [0.5, 0.6) is 0 Å². The first kappa shape index (κ1) is 9.90. The molecule has 0 spiro atoms. The van der Waals surface area contributed by atoms with E-state index < -0.39 is 0 Å². The first-order chi connectivity index (χ1) is 7.31. The summed E-state index contributed by atoms with van der Waals surface area (Å²) in [4.78, 5) is 4.28. The highest BCUT2D eigenvalue weighted by Gasteiger charge is 2.04. The number of imidazole rings is 1. The normalized spacial score (nSPS) is 10.5. The molecule has 78 valence electrons. The average molecular weight is 204 g/mol. The predicted octanol–water partition coefficient (Wildman–Crippen LogP) is 3.10. The van der Waals surface area contributed by atoms with Gasteiger partial charge in [-0.1, -0.05) is 6.92 Å². The molecule has 15 heavy (non-hydrogen) atoms. The third kappa shape index (κ3) is 2.06. The van der Waals surface area contributed by atoms with Crippen molar-refractivity contribution in [3.05, 3.63) is 42.5 Å². The van der Waals surface area contributed by atoms with Gasteiger partial charge in [0, 0.05) is 24.5 Å². The Kier molecular flexibility index (Phi) is 2.81. The minimum Gasteiger partial charge on any atom is -0.331 e. The third-order valence-corrected chi connectivity index (χ3v) is 2.28. The SMILES string of the molecule is CCCn1ccnc1-c1ccc(F)cc1. The first-order valence-electron chi connectivity index (χ1n) is 5.08. The third-order valence-electron chi connectivity index (χ3n) is 2.28. The van der Waals surface area contributed by atoms with Gasteiger partial charge < -0.3 is 4.57 Å². The quantitative estimate of drug-likeness (QED) is 0.751. The summed E-state index contributed by atoms with van der Waals surface area (Å²) >= 11 is 0. The fourth-order valence-electron chi connectivity index (χ4n) is 1.59. The van der Waals surface area contributed by atoms with Crippen LogP contribution in [-0.2, 0) is 6.54 Å². The van der Waals surface area contributed by atoms with Crippen molar-refractivity contribution in [2.75, 3.05) is 0 Å². The van der Waals surface area contributed by atoms with Gasteiger partial charge in [-0.3, -0.25) is 0 Å². The van der Waals surface area contributed by atoms with Gasteiger partial charge in [0.15, 0.2) is 0 Å². The lowest BCUT2D eigenvalue weighted by Gasteiger charge is -2.05. The van der Waals surface area contributed by atoms with Gasteiger partial charge in [-0.2, -0.15) is 0 Å². The number of halogens is 1. The molecule has 3 heteroatoms. The lowest BCUT2D eigenvalue weighted by molar-refractivity contribution is 0.627. The Bertz CT molecular complexity index is 431. The van der Waals surface area contributed by atoms with Crippen molar-refractivity contribution >= 4 is 0 Å². The van der Waals surface area contributed by atoms with Crippen molar-refractivity contribution in [2.24, 2.45) is 0 Å². The van der Waals surface area contributed by atoms with E-state index in [1.54, 1.807) is 18.3 Å². The standard InChI is InChI=1S/C12H13FN2/c1-2-8-15-9-7-14-12(15)10-3-5-11(13)6-4-10/h3-7,9H,2,8H2,1H3. The van der Waals surface area contributed by atoms with Crippen LogP contribution in [0.2, 0.25) is 0 Å². The molecule has 2 nitrogen and oxygen atoms in total. The predicted molar refractivity (Wildman–Crippen MR) is 57.9 cm³/mol. The van der Waals surface area contributed by atoms with Gasteiger partial charge in [-0.15, -0.1) is 0 Å². The summed E-state index contributed by atoms with van der Waals surface area (Å²) in [6, 6.07) is 6.42. The fourth-order valence-corrected chi connectivity index (χ4v) is 1.59. The molecule has 2 rings (SSSR count). The highest BCUT2D eigenvalue weighted by Crippen LogP contribution is 2.17. The molecule has 0 unspecified atom stereocenters. The smallest absolute Gasteiger partial charge is 0.139 e. The van der Waals surface area contributed by atoms with Crippen LogP contribution in [0.3, 0.4) is 0 Å². The van der Waals surface area contributed by atoms with Crippen molar-refractivity contribution in [1.29, 1.82) is 0 Å². The summed E-state index contributed by atoms with van der Waals surface area (Å²) in [6.45, 7) is 3.06. The monoisotopic (exact) mass is 204 g/mol. The van der Waals surface area contributed by atoms with E-state index >= 15 is 0 Å². The van der Waals surface area contributed by atoms with Crippen LogP contribution in [0, 0.1) is 5.82 Å². The topological polar surface area (TPSA) is 17.8 Å². The summed E-state index contributed by atoms with van der Waals surface area (Å²) in [5.41, 5.74) is 0.954. The number of hydrogen-bond donors (Lipinski definition) is 0. The van der Waals surface area contributed by atoms with E-state index in [2.05, 4.69) is 16.5 Å². The molecule has 0 aliphatic carbocycles. The van der Waals surface area contributed by atoms with Crippen LogP contribution in [0.1, 0.15) is 13.3 Å². The molecule has 1 heterocycles. The number of hydrogen-bond acceptors (Lipinski definition) is 1. The maximum absolute atomic E-state index is 12.7. The highest BCUT2D eigenvalue weighted by molar-refractivity contribution is 5.55. The number of aryl methyl sites for hydroxylation is 1. The van der Waals surface area contributed by atoms with Crippen LogP contribution in [0.4, 0.5) is 4.39 Å². The van der Waals surface area contributed by atoms with Crippen LogP contribution in [0.15, 0.2) is 36.7 Å². The second-order valence-corrected chi connectivity index (χ2v) is 3.45. The highest BCUT2D eigenvalue weighted by atomic mass is 19.1. The summed E-state index contributed by atoms with van der Waals surface area (Å²) in [7, 11) is 0. The maximum Gasteiger partial charge on any atom is 0.139 e. The van der Waals surface area contributed by atoms with Crippen LogP contribution >= 0.6 is 0 Å². The van der Waals surface area contributed by atoms with Gasteiger partial charge in [-0.25, -0.2) is 9.37 Å². The second kappa shape index (κ2) is 4.26. The van der Waals surface area contributed by atoms with Gasteiger partial charge >= 0.3 is 0 Å². The zero-order valence-electron chi connectivity index (χ0n) is 8.65. The van der Waals surface area contributed by atoms with Crippen LogP contribution < -0.4 is 0 Å². The number of aromatic nitrogens is 2. The Morgan fingerprint density at radius 3 is 2.67 bits per heavy atom. The molecule has 0 aliphatic heterocycles. The minimum atomic E-state index is -0.215. The number of benzene rings is 1. The average Bonchev–Trinajstić information content (AvgIpc) is 2.68. The molecular weight excluding hydrogens is 191 g/mol. The van der Waals surface area contributed by atoms with Gasteiger partial charge in [0.1, 0.15) is 11.6 Å². The summed E-state index contributed by atoms with van der Waals surface area (Å²) < 4.78 is 14.8. The van der Waals surface area contributed by atoms with E-state index in [1.165, 1.54) is 12.1 Å². The van der Waals surface area contributed by atoms with E-state index in [4.69, 9.17) is 0 Å². The molecule has 0 N–H and O–H groups in total. The van der Waals surface area contributed by atoms with Crippen LogP contribution in [0.25, 0.3) is 11.4 Å². The molecule has 0 radical (unpaired) electrons. The number of nitrogens with zero attached hydrogens (tertiary/aromatic N) is 2. The molecule has 0 amide bonds. The molecule has 0 atom stereocenters. The Morgan fingerprint density at radius 2 is 2.00 bits per heavy atom. The molecule has 0 saturated carbocycles.